The molecule has 1 aromatic carbocycles. The molecule has 2 aromatic rings. The van der Waals surface area contributed by atoms with Crippen molar-refractivity contribution in [1.29, 1.82) is 0 Å². The number of hydrogen-bond donors (Lipinski definition) is 2. The van der Waals surface area contributed by atoms with Gasteiger partial charge in [-0.3, -0.25) is 0 Å². The van der Waals surface area contributed by atoms with Gasteiger partial charge in [0, 0.05) is 17.7 Å². The van der Waals surface area contributed by atoms with Crippen molar-refractivity contribution in [3.63, 3.8) is 0 Å². The lowest BCUT2D eigenvalue weighted by molar-refractivity contribution is 0.626. The third-order valence-electron chi connectivity index (χ3n) is 3.20. The van der Waals surface area contributed by atoms with Crippen LogP contribution in [0.3, 0.4) is 0 Å². The molecule has 0 radical (unpaired) electrons. The van der Waals surface area contributed by atoms with Crippen LogP contribution in [-0.4, -0.2) is 16.5 Å². The zero-order chi connectivity index (χ0) is 13.2. The first-order chi connectivity index (χ1) is 9.28. The number of nitrogen functional groups attached to an aromatic ring is 1. The Morgan fingerprint density at radius 3 is 2.74 bits per heavy atom. The topological polar surface area (TPSA) is 93.3 Å². The molecule has 0 bridgehead atoms. The monoisotopic (exact) mass is 255 g/mol. The van der Waals surface area contributed by atoms with Crippen molar-refractivity contribution in [2.75, 3.05) is 12.3 Å². The fraction of sp³-hybridized carbons (Fsp3) is 0.231. The molecule has 1 aromatic heterocycles. The van der Waals surface area contributed by atoms with Gasteiger partial charge in [-0.25, -0.2) is 9.97 Å². The number of rotatable bonds is 2. The van der Waals surface area contributed by atoms with Crippen LogP contribution in [0.2, 0.25) is 0 Å². The molecule has 1 aliphatic rings. The second kappa shape index (κ2) is 4.74. The lowest BCUT2D eigenvalue weighted by Crippen LogP contribution is -2.26. The highest BCUT2D eigenvalue weighted by Gasteiger charge is 2.16. The maximum absolute atomic E-state index is 10.4. The van der Waals surface area contributed by atoms with E-state index in [-0.39, 0.29) is 0 Å². The number of anilines is 1. The van der Waals surface area contributed by atoms with Gasteiger partial charge in [-0.05, 0) is 42.4 Å². The van der Waals surface area contributed by atoms with Gasteiger partial charge in [0.2, 0.25) is 0 Å². The smallest absolute Gasteiger partial charge is 0.161 e. The summed E-state index contributed by atoms with van der Waals surface area (Å²) in [7, 11) is 0. The molecule has 19 heavy (non-hydrogen) atoms. The molecule has 0 aliphatic carbocycles. The summed E-state index contributed by atoms with van der Waals surface area (Å²) in [6.45, 7) is 1.61. The Kier molecular flexibility index (Phi) is 2.92. The van der Waals surface area contributed by atoms with Gasteiger partial charge in [-0.2, -0.15) is 0 Å². The minimum Gasteiger partial charge on any atom is -0.383 e. The van der Waals surface area contributed by atoms with Crippen molar-refractivity contribution in [1.82, 2.24) is 15.3 Å². The number of nitrogens with two attached hydrogens (primary N) is 1. The van der Waals surface area contributed by atoms with E-state index in [2.05, 4.69) is 20.5 Å². The van der Waals surface area contributed by atoms with E-state index in [4.69, 9.17) is 5.73 Å². The average Bonchev–Trinajstić information content (AvgIpc) is 2.47. The zero-order valence-corrected chi connectivity index (χ0v) is 10.3. The van der Waals surface area contributed by atoms with Gasteiger partial charge < -0.3 is 11.1 Å². The van der Waals surface area contributed by atoms with E-state index < -0.39 is 0 Å². The minimum atomic E-state index is 0.386. The van der Waals surface area contributed by atoms with E-state index in [1.807, 2.05) is 0 Å². The second-order valence-corrected chi connectivity index (χ2v) is 4.42. The normalized spacial score (nSPS) is 13.9. The van der Waals surface area contributed by atoms with Crippen LogP contribution in [0.15, 0.2) is 29.4 Å². The second-order valence-electron chi connectivity index (χ2n) is 4.42. The summed E-state index contributed by atoms with van der Waals surface area (Å²) >= 11 is 0. The van der Waals surface area contributed by atoms with E-state index in [0.717, 1.165) is 29.8 Å². The quantitative estimate of drug-likeness (QED) is 0.798. The molecule has 0 unspecified atom stereocenters. The predicted octanol–water partition coefficient (Wildman–Crippen LogP) is 1.77. The van der Waals surface area contributed by atoms with Gasteiger partial charge in [-0.1, -0.05) is 0 Å². The molecule has 0 amide bonds. The molecule has 0 spiro atoms. The third-order valence-corrected chi connectivity index (χ3v) is 3.20. The molecule has 0 saturated heterocycles. The Labute approximate surface area is 110 Å². The molecular weight excluding hydrogens is 242 g/mol. The highest BCUT2D eigenvalue weighted by molar-refractivity contribution is 5.61. The van der Waals surface area contributed by atoms with Crippen molar-refractivity contribution >= 4 is 11.5 Å². The lowest BCUT2D eigenvalue weighted by Gasteiger charge is -2.18. The molecular formula is C13H13N5O. The van der Waals surface area contributed by atoms with E-state index in [9.17, 15) is 4.91 Å². The fourth-order valence-corrected chi connectivity index (χ4v) is 2.19. The first-order valence-corrected chi connectivity index (χ1v) is 6.07. The van der Waals surface area contributed by atoms with Gasteiger partial charge >= 0.3 is 0 Å². The van der Waals surface area contributed by atoms with Crippen molar-refractivity contribution in [2.24, 2.45) is 5.18 Å². The lowest BCUT2D eigenvalue weighted by atomic mass is 10.1. The SMILES string of the molecule is Nc1nc(-c2ccc(N=O)cc2)nc2c1CCNC2. The summed E-state index contributed by atoms with van der Waals surface area (Å²) in [4.78, 5) is 19.3. The van der Waals surface area contributed by atoms with Gasteiger partial charge in [0.05, 0.1) is 5.69 Å². The maximum atomic E-state index is 10.4. The van der Waals surface area contributed by atoms with E-state index in [1.165, 1.54) is 0 Å². The zero-order valence-electron chi connectivity index (χ0n) is 10.3. The molecule has 0 atom stereocenters. The van der Waals surface area contributed by atoms with Crippen LogP contribution in [0.1, 0.15) is 11.3 Å². The third kappa shape index (κ3) is 2.17. The van der Waals surface area contributed by atoms with Crippen LogP contribution in [0, 0.1) is 4.91 Å². The number of fused-ring (bicyclic) bond motifs is 1. The summed E-state index contributed by atoms with van der Waals surface area (Å²) in [5.74, 6) is 1.12. The first-order valence-electron chi connectivity index (χ1n) is 6.07. The van der Waals surface area contributed by atoms with Crippen LogP contribution in [-0.2, 0) is 13.0 Å². The predicted molar refractivity (Wildman–Crippen MR) is 72.7 cm³/mol. The highest BCUT2D eigenvalue weighted by Crippen LogP contribution is 2.24. The molecule has 0 fully saturated rings. The summed E-state index contributed by atoms with van der Waals surface area (Å²) in [5, 5.41) is 6.13. The number of nitrogens with zero attached hydrogens (tertiary/aromatic N) is 3. The van der Waals surface area contributed by atoms with E-state index >= 15 is 0 Å². The Bertz CT molecular complexity index is 624. The molecule has 6 nitrogen and oxygen atoms in total. The summed E-state index contributed by atoms with van der Waals surface area (Å²) in [6, 6.07) is 6.82. The molecule has 1 aliphatic heterocycles. The summed E-state index contributed by atoms with van der Waals surface area (Å²) in [6.07, 6.45) is 0.857. The van der Waals surface area contributed by atoms with E-state index in [1.54, 1.807) is 24.3 Å². The van der Waals surface area contributed by atoms with Gasteiger partial charge in [0.25, 0.3) is 0 Å². The van der Waals surface area contributed by atoms with Gasteiger partial charge in [0.15, 0.2) is 5.82 Å². The van der Waals surface area contributed by atoms with Crippen molar-refractivity contribution in [2.45, 2.75) is 13.0 Å². The van der Waals surface area contributed by atoms with Gasteiger partial charge in [0.1, 0.15) is 11.5 Å². The number of hydrogen-bond acceptors (Lipinski definition) is 6. The van der Waals surface area contributed by atoms with Crippen LogP contribution >= 0.6 is 0 Å². The molecule has 96 valence electrons. The Balaban J connectivity index is 2.04. The molecule has 2 heterocycles. The Hall–Kier alpha value is -2.34. The average molecular weight is 255 g/mol. The Morgan fingerprint density at radius 1 is 1.21 bits per heavy atom. The van der Waals surface area contributed by atoms with Crippen molar-refractivity contribution in [3.8, 4) is 11.4 Å². The summed E-state index contributed by atoms with van der Waals surface area (Å²) < 4.78 is 0. The largest absolute Gasteiger partial charge is 0.383 e. The standard InChI is InChI=1S/C13H13N5O/c14-12-10-5-6-15-7-11(10)16-13(17-12)8-1-3-9(18-19)4-2-8/h1-4,15H,5-7H2,(H2,14,16,17). The highest BCUT2D eigenvalue weighted by atomic mass is 16.3. The van der Waals surface area contributed by atoms with Crippen LogP contribution in [0.5, 0.6) is 0 Å². The molecule has 3 rings (SSSR count). The summed E-state index contributed by atoms with van der Waals surface area (Å²) in [5.41, 5.74) is 9.19. The number of aromatic nitrogens is 2. The van der Waals surface area contributed by atoms with Gasteiger partial charge in [-0.15, -0.1) is 4.91 Å². The number of nitrogens with one attached hydrogen (secondary N) is 1. The maximum Gasteiger partial charge on any atom is 0.161 e. The number of nitroso groups, excluding NO2 is 1. The minimum absolute atomic E-state index is 0.386. The molecule has 0 saturated carbocycles. The van der Waals surface area contributed by atoms with Crippen molar-refractivity contribution < 1.29 is 0 Å². The van der Waals surface area contributed by atoms with Crippen LogP contribution in [0.4, 0.5) is 11.5 Å². The van der Waals surface area contributed by atoms with Crippen LogP contribution in [0.25, 0.3) is 11.4 Å². The Morgan fingerprint density at radius 2 is 2.00 bits per heavy atom. The van der Waals surface area contributed by atoms with Crippen molar-refractivity contribution in [3.05, 3.63) is 40.4 Å². The van der Waals surface area contributed by atoms with E-state index in [0.29, 0.717) is 23.9 Å². The molecule has 3 N–H and O–H groups in total. The molecule has 6 heteroatoms. The van der Waals surface area contributed by atoms with Crippen LogP contribution < -0.4 is 11.1 Å². The number of benzene rings is 1. The fourth-order valence-electron chi connectivity index (χ4n) is 2.19. The first kappa shape index (κ1) is 11.7.